The molecule has 0 spiro atoms. The molecule has 18 heavy (non-hydrogen) atoms. The van der Waals surface area contributed by atoms with Crippen LogP contribution in [0.15, 0.2) is 24.3 Å². The number of nitrogens with two attached hydrogens (primary N) is 1. The molecule has 0 atom stereocenters. The van der Waals surface area contributed by atoms with E-state index in [2.05, 4.69) is 5.32 Å². The molecule has 4 nitrogen and oxygen atoms in total. The summed E-state index contributed by atoms with van der Waals surface area (Å²) in [6.07, 6.45) is 2.31. The highest BCUT2D eigenvalue weighted by atomic mass is 16.5. The van der Waals surface area contributed by atoms with Crippen LogP contribution in [0.2, 0.25) is 0 Å². The van der Waals surface area contributed by atoms with Gasteiger partial charge in [-0.25, -0.2) is 0 Å². The highest BCUT2D eigenvalue weighted by molar-refractivity contribution is 5.75. The number of carbonyl (C=O) groups is 1. The molecule has 0 bridgehead atoms. The second kappa shape index (κ2) is 5.40. The van der Waals surface area contributed by atoms with Crippen LogP contribution in [-0.2, 0) is 10.2 Å². The predicted octanol–water partition coefficient (Wildman–Crippen LogP) is 1.19. The van der Waals surface area contributed by atoms with E-state index in [4.69, 9.17) is 10.5 Å². The molecular weight excluding hydrogens is 228 g/mol. The molecule has 98 valence electrons. The predicted molar refractivity (Wildman–Crippen MR) is 70.6 cm³/mol. The maximum Gasteiger partial charge on any atom is 0.218 e. The van der Waals surface area contributed by atoms with E-state index in [9.17, 15) is 4.79 Å². The fraction of sp³-hybridized carbons (Fsp3) is 0.500. The summed E-state index contributed by atoms with van der Waals surface area (Å²) in [6.45, 7) is 1.86. The van der Waals surface area contributed by atoms with Gasteiger partial charge in [-0.05, 0) is 43.6 Å². The maximum absolute atomic E-state index is 11.3. The quantitative estimate of drug-likeness (QED) is 0.841. The van der Waals surface area contributed by atoms with Crippen molar-refractivity contribution in [3.05, 3.63) is 29.8 Å². The fourth-order valence-corrected chi connectivity index (χ4v) is 2.75. The van der Waals surface area contributed by atoms with Crippen molar-refractivity contribution in [2.24, 2.45) is 5.73 Å². The summed E-state index contributed by atoms with van der Waals surface area (Å²) >= 11 is 0. The van der Waals surface area contributed by atoms with Crippen LogP contribution in [0.4, 0.5) is 0 Å². The number of hydrogen-bond acceptors (Lipinski definition) is 3. The SMILES string of the molecule is COc1ccc(C2(CC(N)=O)CCNCC2)cc1. The second-order valence-electron chi connectivity index (χ2n) is 4.90. The van der Waals surface area contributed by atoms with Crippen molar-refractivity contribution in [3.8, 4) is 5.75 Å². The number of amides is 1. The zero-order chi connectivity index (χ0) is 13.0. The zero-order valence-electron chi connectivity index (χ0n) is 10.7. The molecule has 0 saturated carbocycles. The molecule has 1 aliphatic heterocycles. The van der Waals surface area contributed by atoms with Crippen molar-refractivity contribution >= 4 is 5.91 Å². The molecule has 1 amide bonds. The molecule has 1 aromatic rings. The number of nitrogens with one attached hydrogen (secondary N) is 1. The molecule has 1 heterocycles. The Morgan fingerprint density at radius 1 is 1.33 bits per heavy atom. The van der Waals surface area contributed by atoms with Crippen molar-refractivity contribution in [1.82, 2.24) is 5.32 Å². The van der Waals surface area contributed by atoms with Crippen molar-refractivity contribution in [2.45, 2.75) is 24.7 Å². The molecule has 3 N–H and O–H groups in total. The standard InChI is InChI=1S/C14H20N2O2/c1-18-12-4-2-11(3-5-12)14(10-13(15)17)6-8-16-9-7-14/h2-5,16H,6-10H2,1H3,(H2,15,17). The topological polar surface area (TPSA) is 64.3 Å². The third-order valence-corrected chi connectivity index (χ3v) is 3.78. The minimum atomic E-state index is -0.229. The second-order valence-corrected chi connectivity index (χ2v) is 4.90. The summed E-state index contributed by atoms with van der Waals surface area (Å²) in [5.74, 6) is 0.606. The summed E-state index contributed by atoms with van der Waals surface area (Å²) in [6, 6.07) is 7.99. The third-order valence-electron chi connectivity index (χ3n) is 3.78. The molecule has 1 fully saturated rings. The van der Waals surface area contributed by atoms with Gasteiger partial charge in [0.1, 0.15) is 5.75 Å². The number of carbonyl (C=O) groups excluding carboxylic acids is 1. The van der Waals surface area contributed by atoms with Crippen LogP contribution in [0.25, 0.3) is 0 Å². The number of rotatable bonds is 4. The Morgan fingerprint density at radius 2 is 1.94 bits per heavy atom. The third kappa shape index (κ3) is 2.64. The van der Waals surface area contributed by atoms with Crippen molar-refractivity contribution < 1.29 is 9.53 Å². The van der Waals surface area contributed by atoms with Gasteiger partial charge in [0.2, 0.25) is 5.91 Å². The zero-order valence-corrected chi connectivity index (χ0v) is 10.7. The van der Waals surface area contributed by atoms with Crippen LogP contribution < -0.4 is 15.8 Å². The number of hydrogen-bond donors (Lipinski definition) is 2. The lowest BCUT2D eigenvalue weighted by atomic mass is 9.70. The fourth-order valence-electron chi connectivity index (χ4n) is 2.75. The van der Waals surface area contributed by atoms with Gasteiger partial charge < -0.3 is 15.8 Å². The minimum absolute atomic E-state index is 0.108. The van der Waals surface area contributed by atoms with Crippen molar-refractivity contribution in [1.29, 1.82) is 0 Å². The number of primary amides is 1. The van der Waals surface area contributed by atoms with Crippen LogP contribution in [0.1, 0.15) is 24.8 Å². The molecule has 0 unspecified atom stereocenters. The summed E-state index contributed by atoms with van der Waals surface area (Å²) in [5.41, 5.74) is 6.49. The summed E-state index contributed by atoms with van der Waals surface area (Å²) < 4.78 is 5.17. The first-order valence-corrected chi connectivity index (χ1v) is 6.30. The average Bonchev–Trinajstić information content (AvgIpc) is 2.39. The first-order valence-electron chi connectivity index (χ1n) is 6.30. The lowest BCUT2D eigenvalue weighted by Gasteiger charge is -2.37. The van der Waals surface area contributed by atoms with Crippen LogP contribution in [-0.4, -0.2) is 26.1 Å². The molecule has 1 aliphatic rings. The highest BCUT2D eigenvalue weighted by Crippen LogP contribution is 2.37. The molecule has 1 aromatic carbocycles. The number of ether oxygens (including phenoxy) is 1. The molecule has 1 saturated heterocycles. The van der Waals surface area contributed by atoms with Gasteiger partial charge in [0.15, 0.2) is 0 Å². The Balaban J connectivity index is 2.29. The number of benzene rings is 1. The van der Waals surface area contributed by atoms with E-state index in [1.807, 2.05) is 24.3 Å². The van der Waals surface area contributed by atoms with Crippen molar-refractivity contribution in [3.63, 3.8) is 0 Å². The first kappa shape index (κ1) is 12.9. The Labute approximate surface area is 108 Å². The van der Waals surface area contributed by atoms with Gasteiger partial charge in [-0.15, -0.1) is 0 Å². The molecule has 2 rings (SSSR count). The van der Waals surface area contributed by atoms with Crippen LogP contribution >= 0.6 is 0 Å². The lowest BCUT2D eigenvalue weighted by Crippen LogP contribution is -2.42. The first-order chi connectivity index (χ1) is 8.66. The van der Waals surface area contributed by atoms with Crippen LogP contribution in [0.5, 0.6) is 5.75 Å². The Morgan fingerprint density at radius 3 is 2.44 bits per heavy atom. The van der Waals surface area contributed by atoms with Crippen LogP contribution in [0.3, 0.4) is 0 Å². The number of methoxy groups -OCH3 is 1. The van der Waals surface area contributed by atoms with E-state index in [-0.39, 0.29) is 11.3 Å². The molecule has 4 heteroatoms. The van der Waals surface area contributed by atoms with Gasteiger partial charge in [-0.3, -0.25) is 4.79 Å². The maximum atomic E-state index is 11.3. The molecular formula is C14H20N2O2. The normalized spacial score (nSPS) is 18.3. The van der Waals surface area contributed by atoms with E-state index >= 15 is 0 Å². The summed E-state index contributed by atoms with van der Waals surface area (Å²) in [5, 5.41) is 3.33. The van der Waals surface area contributed by atoms with Gasteiger partial charge in [0.25, 0.3) is 0 Å². The van der Waals surface area contributed by atoms with E-state index in [1.54, 1.807) is 7.11 Å². The molecule has 0 radical (unpaired) electrons. The largest absolute Gasteiger partial charge is 0.497 e. The molecule has 0 aliphatic carbocycles. The summed E-state index contributed by atoms with van der Waals surface area (Å²) in [7, 11) is 1.65. The van der Waals surface area contributed by atoms with E-state index in [0.717, 1.165) is 31.7 Å². The van der Waals surface area contributed by atoms with Gasteiger partial charge in [-0.2, -0.15) is 0 Å². The summed E-state index contributed by atoms with van der Waals surface area (Å²) in [4.78, 5) is 11.3. The van der Waals surface area contributed by atoms with E-state index in [1.165, 1.54) is 5.56 Å². The van der Waals surface area contributed by atoms with E-state index in [0.29, 0.717) is 6.42 Å². The van der Waals surface area contributed by atoms with Gasteiger partial charge >= 0.3 is 0 Å². The smallest absolute Gasteiger partial charge is 0.218 e. The lowest BCUT2D eigenvalue weighted by molar-refractivity contribution is -0.119. The van der Waals surface area contributed by atoms with Gasteiger partial charge in [-0.1, -0.05) is 12.1 Å². The molecule has 0 aromatic heterocycles. The van der Waals surface area contributed by atoms with Crippen LogP contribution in [0, 0.1) is 0 Å². The Bertz CT molecular complexity index is 408. The highest BCUT2D eigenvalue weighted by Gasteiger charge is 2.35. The Hall–Kier alpha value is -1.55. The van der Waals surface area contributed by atoms with Gasteiger partial charge in [0.05, 0.1) is 7.11 Å². The Kier molecular flexibility index (Phi) is 3.87. The minimum Gasteiger partial charge on any atom is -0.497 e. The van der Waals surface area contributed by atoms with Crippen molar-refractivity contribution in [2.75, 3.05) is 20.2 Å². The number of piperidine rings is 1. The monoisotopic (exact) mass is 248 g/mol. The van der Waals surface area contributed by atoms with Gasteiger partial charge in [0, 0.05) is 11.8 Å². The average molecular weight is 248 g/mol. The van der Waals surface area contributed by atoms with E-state index < -0.39 is 0 Å².